The van der Waals surface area contributed by atoms with Gasteiger partial charge in [0, 0.05) is 16.6 Å². The minimum atomic E-state index is -0.554. The van der Waals surface area contributed by atoms with Gasteiger partial charge in [-0.2, -0.15) is 0 Å². The zero-order valence-electron chi connectivity index (χ0n) is 15.2. The number of ether oxygens (including phenoxy) is 1. The van der Waals surface area contributed by atoms with Crippen LogP contribution in [-0.2, 0) is 0 Å². The van der Waals surface area contributed by atoms with E-state index < -0.39 is 11.7 Å². The highest BCUT2D eigenvalue weighted by Gasteiger charge is 2.18. The van der Waals surface area contributed by atoms with Crippen LogP contribution < -0.4 is 15.8 Å². The number of hydrogen-bond acceptors (Lipinski definition) is 5. The van der Waals surface area contributed by atoms with Gasteiger partial charge >= 0.3 is 0 Å². The summed E-state index contributed by atoms with van der Waals surface area (Å²) in [6.07, 6.45) is 0. The summed E-state index contributed by atoms with van der Waals surface area (Å²) >= 11 is 6.96. The van der Waals surface area contributed by atoms with Crippen LogP contribution in [0.15, 0.2) is 54.6 Å². The number of halogens is 2. The number of hydrogen-bond donors (Lipinski definition) is 2. The lowest BCUT2D eigenvalue weighted by Gasteiger charge is -2.05. The number of nitrogen functional groups attached to an aromatic ring is 1. The second kappa shape index (κ2) is 7.69. The average molecular weight is 428 g/mol. The van der Waals surface area contributed by atoms with Gasteiger partial charge in [-0.25, -0.2) is 9.37 Å². The van der Waals surface area contributed by atoms with E-state index in [-0.39, 0.29) is 5.02 Å². The summed E-state index contributed by atoms with van der Waals surface area (Å²) < 4.78 is 18.5. The van der Waals surface area contributed by atoms with Gasteiger partial charge in [0.25, 0.3) is 5.91 Å². The normalized spacial score (nSPS) is 10.9. The first-order chi connectivity index (χ1) is 14.0. The van der Waals surface area contributed by atoms with E-state index in [9.17, 15) is 9.18 Å². The number of pyridine rings is 1. The number of carbonyl (C=O) groups excluding carboxylic acids is 1. The van der Waals surface area contributed by atoms with Crippen LogP contribution in [0.2, 0.25) is 5.02 Å². The van der Waals surface area contributed by atoms with Gasteiger partial charge in [-0.3, -0.25) is 4.79 Å². The molecule has 29 heavy (non-hydrogen) atoms. The first kappa shape index (κ1) is 19.2. The van der Waals surface area contributed by atoms with Crippen molar-refractivity contribution in [3.63, 3.8) is 0 Å². The number of amides is 1. The number of nitrogens with two attached hydrogens (primary N) is 1. The molecule has 0 radical (unpaired) electrons. The zero-order chi connectivity index (χ0) is 20.5. The predicted molar refractivity (Wildman–Crippen MR) is 115 cm³/mol. The van der Waals surface area contributed by atoms with E-state index in [1.165, 1.54) is 29.5 Å². The van der Waals surface area contributed by atoms with E-state index in [1.54, 1.807) is 7.11 Å². The number of thiophene rings is 1. The third-order valence-electron chi connectivity index (χ3n) is 4.36. The molecule has 0 saturated heterocycles. The molecule has 3 N–H and O–H groups in total. The van der Waals surface area contributed by atoms with Crippen molar-refractivity contribution in [2.24, 2.45) is 0 Å². The molecule has 4 rings (SSSR count). The quantitative estimate of drug-likeness (QED) is 0.444. The van der Waals surface area contributed by atoms with Crippen molar-refractivity contribution in [3.8, 4) is 17.0 Å². The molecule has 1 amide bonds. The minimum Gasteiger partial charge on any atom is -0.497 e. The maximum absolute atomic E-state index is 13.3. The van der Waals surface area contributed by atoms with Crippen LogP contribution in [0.3, 0.4) is 0 Å². The molecule has 146 valence electrons. The third-order valence-corrected chi connectivity index (χ3v) is 5.77. The van der Waals surface area contributed by atoms with Crippen molar-refractivity contribution < 1.29 is 13.9 Å². The first-order valence-corrected chi connectivity index (χ1v) is 9.75. The Hall–Kier alpha value is -3.16. The van der Waals surface area contributed by atoms with Crippen molar-refractivity contribution in [3.05, 3.63) is 70.3 Å². The summed E-state index contributed by atoms with van der Waals surface area (Å²) in [7, 11) is 1.61. The molecule has 2 aromatic carbocycles. The molecule has 4 aromatic rings. The van der Waals surface area contributed by atoms with Gasteiger partial charge in [0.2, 0.25) is 0 Å². The Kier molecular flexibility index (Phi) is 5.08. The van der Waals surface area contributed by atoms with Crippen LogP contribution >= 0.6 is 22.9 Å². The Bertz CT molecular complexity index is 1220. The largest absolute Gasteiger partial charge is 0.497 e. The van der Waals surface area contributed by atoms with Gasteiger partial charge in [0.1, 0.15) is 21.3 Å². The lowest BCUT2D eigenvalue weighted by molar-refractivity contribution is 0.103. The highest BCUT2D eigenvalue weighted by molar-refractivity contribution is 7.21. The molecule has 0 aliphatic rings. The Morgan fingerprint density at radius 2 is 1.93 bits per heavy atom. The molecule has 0 atom stereocenters. The molecule has 0 saturated carbocycles. The standard InChI is InChI=1S/C21H15ClFN3O2S/c1-28-13-5-2-11(3-6-13)17-9-7-14-18(24)19(29-21(14)26-17)20(27)25-12-4-8-16(23)15(22)10-12/h2-10H,24H2,1H3,(H,25,27). The van der Waals surface area contributed by atoms with Gasteiger partial charge in [-0.15, -0.1) is 11.3 Å². The van der Waals surface area contributed by atoms with Gasteiger partial charge in [0.05, 0.1) is 23.5 Å². The third kappa shape index (κ3) is 3.74. The molecule has 0 unspecified atom stereocenters. The Balaban J connectivity index is 1.65. The monoisotopic (exact) mass is 427 g/mol. The van der Waals surface area contributed by atoms with Gasteiger partial charge in [-0.05, 0) is 54.6 Å². The minimum absolute atomic E-state index is 0.0714. The summed E-state index contributed by atoms with van der Waals surface area (Å²) in [6.45, 7) is 0. The molecule has 0 aliphatic carbocycles. The number of methoxy groups -OCH3 is 1. The molecule has 8 heteroatoms. The van der Waals surface area contributed by atoms with E-state index in [2.05, 4.69) is 10.3 Å². The van der Waals surface area contributed by atoms with Crippen LogP contribution in [0.5, 0.6) is 5.75 Å². The number of benzene rings is 2. The summed E-state index contributed by atoms with van der Waals surface area (Å²) in [5.74, 6) is -0.199. The van der Waals surface area contributed by atoms with E-state index in [0.29, 0.717) is 26.5 Å². The number of aromatic nitrogens is 1. The Morgan fingerprint density at radius 1 is 1.17 bits per heavy atom. The van der Waals surface area contributed by atoms with Crippen LogP contribution in [0.25, 0.3) is 21.5 Å². The van der Waals surface area contributed by atoms with E-state index in [1.807, 2.05) is 36.4 Å². The number of rotatable bonds is 4. The summed E-state index contributed by atoms with van der Waals surface area (Å²) in [6, 6.07) is 15.2. The smallest absolute Gasteiger partial charge is 0.267 e. The fourth-order valence-electron chi connectivity index (χ4n) is 2.85. The molecule has 2 heterocycles. The van der Waals surface area contributed by atoms with E-state index in [4.69, 9.17) is 22.1 Å². The Morgan fingerprint density at radius 3 is 2.62 bits per heavy atom. The predicted octanol–water partition coefficient (Wildman–Crippen LogP) is 5.60. The van der Waals surface area contributed by atoms with Gasteiger partial charge in [0.15, 0.2) is 0 Å². The molecule has 0 fully saturated rings. The molecule has 0 bridgehead atoms. The second-order valence-electron chi connectivity index (χ2n) is 6.21. The SMILES string of the molecule is COc1ccc(-c2ccc3c(N)c(C(=O)Nc4ccc(F)c(Cl)c4)sc3n2)cc1. The van der Waals surface area contributed by atoms with Gasteiger partial charge < -0.3 is 15.8 Å². The lowest BCUT2D eigenvalue weighted by Crippen LogP contribution is -2.12. The zero-order valence-corrected chi connectivity index (χ0v) is 16.8. The van der Waals surface area contributed by atoms with Gasteiger partial charge in [-0.1, -0.05) is 11.6 Å². The van der Waals surface area contributed by atoms with Crippen molar-refractivity contribution in [1.29, 1.82) is 0 Å². The highest BCUT2D eigenvalue weighted by Crippen LogP contribution is 2.35. The maximum Gasteiger partial charge on any atom is 0.267 e. The number of fused-ring (bicyclic) bond motifs is 1. The Labute approximate surface area is 174 Å². The van der Waals surface area contributed by atoms with E-state index >= 15 is 0 Å². The highest BCUT2D eigenvalue weighted by atomic mass is 35.5. The van der Waals surface area contributed by atoms with Crippen molar-refractivity contribution in [2.75, 3.05) is 18.2 Å². The molecular formula is C21H15ClFN3O2S. The molecular weight excluding hydrogens is 413 g/mol. The molecule has 2 aromatic heterocycles. The number of anilines is 2. The fourth-order valence-corrected chi connectivity index (χ4v) is 4.02. The molecule has 5 nitrogen and oxygen atoms in total. The summed E-state index contributed by atoms with van der Waals surface area (Å²) in [4.78, 5) is 18.3. The van der Waals surface area contributed by atoms with Crippen molar-refractivity contribution in [1.82, 2.24) is 4.98 Å². The van der Waals surface area contributed by atoms with Crippen molar-refractivity contribution in [2.45, 2.75) is 0 Å². The average Bonchev–Trinajstić information content (AvgIpc) is 3.07. The summed E-state index contributed by atoms with van der Waals surface area (Å²) in [5, 5.41) is 3.32. The first-order valence-electron chi connectivity index (χ1n) is 8.56. The van der Waals surface area contributed by atoms with Crippen molar-refractivity contribution >= 4 is 50.4 Å². The van der Waals surface area contributed by atoms with E-state index in [0.717, 1.165) is 17.0 Å². The topological polar surface area (TPSA) is 77.2 Å². The molecule has 0 spiro atoms. The number of nitrogens with one attached hydrogen (secondary N) is 1. The second-order valence-corrected chi connectivity index (χ2v) is 7.61. The van der Waals surface area contributed by atoms with Crippen LogP contribution in [0.4, 0.5) is 15.8 Å². The molecule has 0 aliphatic heterocycles. The maximum atomic E-state index is 13.3. The van der Waals surface area contributed by atoms with Crippen LogP contribution in [0, 0.1) is 5.82 Å². The van der Waals surface area contributed by atoms with Crippen LogP contribution in [-0.4, -0.2) is 18.0 Å². The van der Waals surface area contributed by atoms with Crippen LogP contribution in [0.1, 0.15) is 9.67 Å². The number of carbonyl (C=O) groups is 1. The summed E-state index contributed by atoms with van der Waals surface area (Å²) in [5.41, 5.74) is 8.60. The lowest BCUT2D eigenvalue weighted by atomic mass is 10.1. The fraction of sp³-hybridized carbons (Fsp3) is 0.0476. The number of nitrogens with zero attached hydrogens (tertiary/aromatic N) is 1.